The first kappa shape index (κ1) is 12.6. The highest BCUT2D eigenvalue weighted by Gasteiger charge is 2.38. The predicted octanol–water partition coefficient (Wildman–Crippen LogP) is 1.13. The van der Waals surface area contributed by atoms with Crippen molar-refractivity contribution in [3.8, 4) is 0 Å². The Morgan fingerprint density at radius 3 is 2.63 bits per heavy atom. The molecule has 19 heavy (non-hydrogen) atoms. The molecule has 2 atom stereocenters. The maximum atomic E-state index is 12.2. The Hall–Kier alpha value is -1.39. The van der Waals surface area contributed by atoms with Crippen molar-refractivity contribution >= 4 is 5.91 Å². The van der Waals surface area contributed by atoms with Gasteiger partial charge in [-0.2, -0.15) is 0 Å². The van der Waals surface area contributed by atoms with Crippen LogP contribution in [0.5, 0.6) is 0 Å². The number of nitrogens with one attached hydrogen (secondary N) is 1. The summed E-state index contributed by atoms with van der Waals surface area (Å²) in [6, 6.07) is 8.81. The molecule has 0 spiro atoms. The lowest BCUT2D eigenvalue weighted by atomic mass is 10.1. The van der Waals surface area contributed by atoms with Gasteiger partial charge in [0.2, 0.25) is 5.91 Å². The normalized spacial score (nSPS) is 28.3. The molecule has 1 aromatic rings. The van der Waals surface area contributed by atoms with Crippen LogP contribution in [0.1, 0.15) is 23.7 Å². The highest BCUT2D eigenvalue weighted by Crippen LogP contribution is 2.28. The van der Waals surface area contributed by atoms with Crippen LogP contribution in [0, 0.1) is 6.92 Å². The summed E-state index contributed by atoms with van der Waals surface area (Å²) in [6.45, 7) is 4.60. The van der Waals surface area contributed by atoms with E-state index < -0.39 is 0 Å². The van der Waals surface area contributed by atoms with Crippen LogP contribution in [0.4, 0.5) is 0 Å². The summed E-state index contributed by atoms with van der Waals surface area (Å²) in [4.78, 5) is 16.5. The smallest absolute Gasteiger partial charge is 0.238 e. The fourth-order valence-electron chi connectivity index (χ4n) is 3.10. The molecule has 2 heterocycles. The van der Waals surface area contributed by atoms with E-state index in [1.54, 1.807) is 0 Å². The third kappa shape index (κ3) is 2.38. The van der Waals surface area contributed by atoms with Gasteiger partial charge in [-0.25, -0.2) is 0 Å². The van der Waals surface area contributed by atoms with Gasteiger partial charge in [-0.05, 0) is 32.5 Å². The molecule has 4 heteroatoms. The highest BCUT2D eigenvalue weighted by atomic mass is 16.2. The summed E-state index contributed by atoms with van der Waals surface area (Å²) in [5, 5.41) is 3.34. The van der Waals surface area contributed by atoms with Crippen LogP contribution in [0.3, 0.4) is 0 Å². The second kappa shape index (κ2) is 4.94. The van der Waals surface area contributed by atoms with Crippen molar-refractivity contribution in [2.45, 2.75) is 25.6 Å². The van der Waals surface area contributed by atoms with Crippen molar-refractivity contribution < 1.29 is 4.79 Å². The number of hydrogen-bond acceptors (Lipinski definition) is 3. The zero-order valence-electron chi connectivity index (χ0n) is 11.6. The SMILES string of the molecule is Cc1ccc(C2NCC(=O)N2C2CCN(C)C2)cc1. The summed E-state index contributed by atoms with van der Waals surface area (Å²) in [7, 11) is 2.12. The van der Waals surface area contributed by atoms with Gasteiger partial charge in [0.1, 0.15) is 6.17 Å². The average molecular weight is 259 g/mol. The van der Waals surface area contributed by atoms with Gasteiger partial charge in [0.15, 0.2) is 0 Å². The molecule has 1 amide bonds. The summed E-state index contributed by atoms with van der Waals surface area (Å²) >= 11 is 0. The first-order valence-corrected chi connectivity index (χ1v) is 6.95. The largest absolute Gasteiger partial charge is 0.317 e. The first-order valence-electron chi connectivity index (χ1n) is 6.95. The van der Waals surface area contributed by atoms with Crippen molar-refractivity contribution in [2.75, 3.05) is 26.7 Å². The fraction of sp³-hybridized carbons (Fsp3) is 0.533. The topological polar surface area (TPSA) is 35.6 Å². The molecule has 102 valence electrons. The summed E-state index contributed by atoms with van der Waals surface area (Å²) in [6.07, 6.45) is 1.12. The van der Waals surface area contributed by atoms with E-state index in [-0.39, 0.29) is 12.1 Å². The molecule has 2 aliphatic rings. The van der Waals surface area contributed by atoms with Gasteiger partial charge in [-0.3, -0.25) is 10.1 Å². The van der Waals surface area contributed by atoms with E-state index >= 15 is 0 Å². The molecule has 2 fully saturated rings. The van der Waals surface area contributed by atoms with Gasteiger partial charge in [0.25, 0.3) is 0 Å². The number of carbonyl (C=O) groups is 1. The van der Waals surface area contributed by atoms with Crippen molar-refractivity contribution in [1.82, 2.24) is 15.1 Å². The van der Waals surface area contributed by atoms with Crippen LogP contribution >= 0.6 is 0 Å². The minimum absolute atomic E-state index is 0.0459. The Kier molecular flexibility index (Phi) is 3.29. The molecule has 3 rings (SSSR count). The second-order valence-electron chi connectivity index (χ2n) is 5.70. The lowest BCUT2D eigenvalue weighted by Gasteiger charge is -2.30. The van der Waals surface area contributed by atoms with E-state index in [0.29, 0.717) is 12.6 Å². The molecule has 4 nitrogen and oxygen atoms in total. The van der Waals surface area contributed by atoms with Crippen LogP contribution in [0.25, 0.3) is 0 Å². The quantitative estimate of drug-likeness (QED) is 0.865. The number of likely N-dealkylation sites (tertiary alicyclic amines) is 1. The number of benzene rings is 1. The number of nitrogens with zero attached hydrogens (tertiary/aromatic N) is 2. The van der Waals surface area contributed by atoms with Gasteiger partial charge in [-0.15, -0.1) is 0 Å². The van der Waals surface area contributed by atoms with Crippen LogP contribution in [0.2, 0.25) is 0 Å². The number of amides is 1. The van der Waals surface area contributed by atoms with Crippen molar-refractivity contribution in [1.29, 1.82) is 0 Å². The van der Waals surface area contributed by atoms with Crippen molar-refractivity contribution in [3.05, 3.63) is 35.4 Å². The molecule has 0 bridgehead atoms. The molecule has 2 saturated heterocycles. The Labute approximate surface area is 114 Å². The third-order valence-corrected chi connectivity index (χ3v) is 4.17. The Morgan fingerprint density at radius 1 is 1.26 bits per heavy atom. The Bertz CT molecular complexity index is 471. The molecule has 0 aromatic heterocycles. The highest BCUT2D eigenvalue weighted by molar-refractivity contribution is 5.81. The van der Waals surface area contributed by atoms with E-state index in [1.165, 1.54) is 11.1 Å². The minimum Gasteiger partial charge on any atom is -0.317 e. The van der Waals surface area contributed by atoms with E-state index in [4.69, 9.17) is 0 Å². The summed E-state index contributed by atoms with van der Waals surface area (Å²) < 4.78 is 0. The molecular weight excluding hydrogens is 238 g/mol. The molecule has 2 aliphatic heterocycles. The Morgan fingerprint density at radius 2 is 2.00 bits per heavy atom. The predicted molar refractivity (Wildman–Crippen MR) is 74.7 cm³/mol. The van der Waals surface area contributed by atoms with Gasteiger partial charge >= 0.3 is 0 Å². The molecule has 1 N–H and O–H groups in total. The number of hydrogen-bond donors (Lipinski definition) is 1. The van der Waals surface area contributed by atoms with Crippen LogP contribution < -0.4 is 5.32 Å². The van der Waals surface area contributed by atoms with Crippen LogP contribution in [0.15, 0.2) is 24.3 Å². The lowest BCUT2D eigenvalue weighted by molar-refractivity contribution is -0.130. The molecule has 2 unspecified atom stereocenters. The summed E-state index contributed by atoms with van der Waals surface area (Å²) in [5.74, 6) is 0.228. The zero-order valence-corrected chi connectivity index (χ0v) is 11.6. The molecule has 0 radical (unpaired) electrons. The van der Waals surface area contributed by atoms with E-state index in [2.05, 4.69) is 48.5 Å². The fourth-order valence-corrected chi connectivity index (χ4v) is 3.10. The Balaban J connectivity index is 1.84. The van der Waals surface area contributed by atoms with Crippen molar-refractivity contribution in [2.24, 2.45) is 0 Å². The van der Waals surface area contributed by atoms with Crippen molar-refractivity contribution in [3.63, 3.8) is 0 Å². The van der Waals surface area contributed by atoms with Gasteiger partial charge in [0, 0.05) is 12.6 Å². The third-order valence-electron chi connectivity index (χ3n) is 4.17. The lowest BCUT2D eigenvalue weighted by Crippen LogP contribution is -2.41. The van der Waals surface area contributed by atoms with Gasteiger partial charge < -0.3 is 9.80 Å². The maximum Gasteiger partial charge on any atom is 0.238 e. The van der Waals surface area contributed by atoms with E-state index in [0.717, 1.165) is 19.5 Å². The molecular formula is C15H21N3O. The average Bonchev–Trinajstić information content (AvgIpc) is 2.96. The number of aryl methyl sites for hydroxylation is 1. The minimum atomic E-state index is 0.0459. The molecule has 0 aliphatic carbocycles. The first-order chi connectivity index (χ1) is 9.15. The molecule has 1 aromatic carbocycles. The number of likely N-dealkylation sites (N-methyl/N-ethyl adjacent to an activating group) is 1. The standard InChI is InChI=1S/C15H21N3O/c1-11-3-5-12(6-4-11)15-16-9-14(19)18(15)13-7-8-17(2)10-13/h3-6,13,15-16H,7-10H2,1-2H3. The van der Waals surface area contributed by atoms with Gasteiger partial charge in [-0.1, -0.05) is 29.8 Å². The zero-order chi connectivity index (χ0) is 13.4. The van der Waals surface area contributed by atoms with Crippen LogP contribution in [-0.2, 0) is 4.79 Å². The maximum absolute atomic E-state index is 12.2. The molecule has 0 saturated carbocycles. The van der Waals surface area contributed by atoms with Gasteiger partial charge in [0.05, 0.1) is 6.54 Å². The number of rotatable bonds is 2. The van der Waals surface area contributed by atoms with Crippen LogP contribution in [-0.4, -0.2) is 48.4 Å². The van der Waals surface area contributed by atoms with E-state index in [9.17, 15) is 4.79 Å². The monoisotopic (exact) mass is 259 g/mol. The summed E-state index contributed by atoms with van der Waals surface area (Å²) in [5.41, 5.74) is 2.44. The second-order valence-corrected chi connectivity index (χ2v) is 5.70. The number of carbonyl (C=O) groups excluding carboxylic acids is 1. The van der Waals surface area contributed by atoms with E-state index in [1.807, 2.05) is 4.90 Å².